The minimum atomic E-state index is 0.154. The highest BCUT2D eigenvalue weighted by molar-refractivity contribution is 7.99. The SMILES string of the molecule is CCNC(=NCC(C)(C)SC)NCC1CCCOC1c1ccc(C)cc1. The zero-order valence-electron chi connectivity index (χ0n) is 17.0. The van der Waals surface area contributed by atoms with E-state index in [4.69, 9.17) is 9.73 Å². The summed E-state index contributed by atoms with van der Waals surface area (Å²) >= 11 is 1.85. The molecule has 1 aromatic rings. The maximum Gasteiger partial charge on any atom is 0.191 e. The first-order chi connectivity index (χ1) is 12.4. The monoisotopic (exact) mass is 377 g/mol. The molecule has 0 saturated carbocycles. The number of rotatable bonds is 7. The van der Waals surface area contributed by atoms with Gasteiger partial charge in [0.25, 0.3) is 0 Å². The molecule has 0 aromatic heterocycles. The van der Waals surface area contributed by atoms with E-state index < -0.39 is 0 Å². The lowest BCUT2D eigenvalue weighted by molar-refractivity contribution is -0.0265. The van der Waals surface area contributed by atoms with Gasteiger partial charge in [-0.05, 0) is 52.4 Å². The Morgan fingerprint density at radius 2 is 2.00 bits per heavy atom. The summed E-state index contributed by atoms with van der Waals surface area (Å²) in [7, 11) is 0. The van der Waals surface area contributed by atoms with Gasteiger partial charge in [0, 0.05) is 30.4 Å². The number of nitrogens with one attached hydrogen (secondary N) is 2. The van der Waals surface area contributed by atoms with Gasteiger partial charge >= 0.3 is 0 Å². The van der Waals surface area contributed by atoms with Gasteiger partial charge in [0.1, 0.15) is 0 Å². The molecule has 1 aromatic carbocycles. The molecule has 2 N–H and O–H groups in total. The molecule has 2 rings (SSSR count). The van der Waals surface area contributed by atoms with Crippen LogP contribution in [-0.4, -0.2) is 43.2 Å². The van der Waals surface area contributed by atoms with Crippen LogP contribution in [0.2, 0.25) is 0 Å². The zero-order valence-corrected chi connectivity index (χ0v) is 17.8. The third-order valence-electron chi connectivity index (χ3n) is 4.90. The van der Waals surface area contributed by atoms with Crippen molar-refractivity contribution in [3.63, 3.8) is 0 Å². The van der Waals surface area contributed by atoms with Crippen molar-refractivity contribution >= 4 is 17.7 Å². The van der Waals surface area contributed by atoms with Crippen LogP contribution in [0.4, 0.5) is 0 Å². The molecule has 5 heteroatoms. The van der Waals surface area contributed by atoms with E-state index in [1.165, 1.54) is 17.5 Å². The second-order valence-electron chi connectivity index (χ2n) is 7.64. The van der Waals surface area contributed by atoms with Crippen LogP contribution in [-0.2, 0) is 4.74 Å². The number of aliphatic imine (C=N–C) groups is 1. The summed E-state index contributed by atoms with van der Waals surface area (Å²) in [5.41, 5.74) is 2.57. The second kappa shape index (κ2) is 10.2. The van der Waals surface area contributed by atoms with E-state index in [2.05, 4.69) is 68.8 Å². The molecule has 1 fully saturated rings. The zero-order chi connectivity index (χ0) is 19.0. The highest BCUT2D eigenvalue weighted by atomic mass is 32.2. The van der Waals surface area contributed by atoms with Crippen molar-refractivity contribution < 1.29 is 4.74 Å². The largest absolute Gasteiger partial charge is 0.373 e. The molecule has 1 aliphatic rings. The Labute approximate surface area is 163 Å². The van der Waals surface area contributed by atoms with Crippen molar-refractivity contribution in [1.82, 2.24) is 10.6 Å². The quantitative estimate of drug-likeness (QED) is 0.553. The lowest BCUT2D eigenvalue weighted by Crippen LogP contribution is -2.42. The van der Waals surface area contributed by atoms with Crippen molar-refractivity contribution in [3.05, 3.63) is 35.4 Å². The highest BCUT2D eigenvalue weighted by Gasteiger charge is 2.27. The minimum absolute atomic E-state index is 0.154. The number of hydrogen-bond donors (Lipinski definition) is 2. The van der Waals surface area contributed by atoms with E-state index in [9.17, 15) is 0 Å². The van der Waals surface area contributed by atoms with Gasteiger partial charge in [-0.3, -0.25) is 4.99 Å². The first kappa shape index (κ1) is 21.1. The average Bonchev–Trinajstić information content (AvgIpc) is 2.65. The van der Waals surface area contributed by atoms with E-state index >= 15 is 0 Å². The van der Waals surface area contributed by atoms with Gasteiger partial charge in [-0.1, -0.05) is 29.8 Å². The van der Waals surface area contributed by atoms with Crippen molar-refractivity contribution in [2.45, 2.75) is 51.4 Å². The van der Waals surface area contributed by atoms with Crippen LogP contribution < -0.4 is 10.6 Å². The van der Waals surface area contributed by atoms with Crippen LogP contribution in [0.25, 0.3) is 0 Å². The van der Waals surface area contributed by atoms with E-state index in [0.29, 0.717) is 5.92 Å². The Bertz CT molecular complexity index is 571. The predicted molar refractivity (Wildman–Crippen MR) is 114 cm³/mol. The van der Waals surface area contributed by atoms with E-state index in [0.717, 1.165) is 38.6 Å². The molecule has 0 amide bonds. The number of ether oxygens (including phenoxy) is 1. The van der Waals surface area contributed by atoms with Crippen molar-refractivity contribution in [1.29, 1.82) is 0 Å². The fraction of sp³-hybridized carbons (Fsp3) is 0.667. The lowest BCUT2D eigenvalue weighted by atomic mass is 9.89. The van der Waals surface area contributed by atoms with Gasteiger partial charge in [0.2, 0.25) is 0 Å². The third-order valence-corrected chi connectivity index (χ3v) is 6.13. The van der Waals surface area contributed by atoms with Gasteiger partial charge in [-0.25, -0.2) is 0 Å². The van der Waals surface area contributed by atoms with Crippen molar-refractivity contribution in [3.8, 4) is 0 Å². The summed E-state index contributed by atoms with van der Waals surface area (Å²) in [6, 6.07) is 8.76. The Balaban J connectivity index is 2.00. The average molecular weight is 378 g/mol. The maximum atomic E-state index is 6.14. The topological polar surface area (TPSA) is 45.7 Å². The van der Waals surface area contributed by atoms with Gasteiger partial charge in [-0.15, -0.1) is 0 Å². The smallest absolute Gasteiger partial charge is 0.191 e. The van der Waals surface area contributed by atoms with Crippen LogP contribution in [0.1, 0.15) is 50.8 Å². The van der Waals surface area contributed by atoms with Gasteiger partial charge < -0.3 is 15.4 Å². The summed E-state index contributed by atoms with van der Waals surface area (Å²) in [6.45, 7) is 12.1. The number of thioether (sulfide) groups is 1. The molecule has 0 aliphatic carbocycles. The second-order valence-corrected chi connectivity index (χ2v) is 9.16. The molecule has 0 spiro atoms. The number of hydrogen-bond acceptors (Lipinski definition) is 3. The number of nitrogens with zero attached hydrogens (tertiary/aromatic N) is 1. The molecule has 146 valence electrons. The summed E-state index contributed by atoms with van der Waals surface area (Å²) in [4.78, 5) is 4.78. The van der Waals surface area contributed by atoms with Crippen LogP contribution >= 0.6 is 11.8 Å². The van der Waals surface area contributed by atoms with Crippen LogP contribution in [0, 0.1) is 12.8 Å². The lowest BCUT2D eigenvalue weighted by Gasteiger charge is -2.33. The van der Waals surface area contributed by atoms with Gasteiger partial charge in [0.15, 0.2) is 5.96 Å². The fourth-order valence-corrected chi connectivity index (χ4v) is 3.27. The fourth-order valence-electron chi connectivity index (χ4n) is 3.08. The molecule has 2 unspecified atom stereocenters. The van der Waals surface area contributed by atoms with Crippen molar-refractivity contribution in [2.75, 3.05) is 32.5 Å². The molecule has 0 bridgehead atoms. The standard InChI is InChI=1S/C21H35N3OS/c1-6-22-20(24-15-21(3,4)26-5)23-14-18-8-7-13-25-19(18)17-11-9-16(2)10-12-17/h9-12,18-19H,6-8,13-15H2,1-5H3,(H2,22,23,24). The molecular formula is C21H35N3OS. The van der Waals surface area contributed by atoms with Gasteiger partial charge in [0.05, 0.1) is 12.6 Å². The van der Waals surface area contributed by atoms with E-state index in [1.54, 1.807) is 0 Å². The maximum absolute atomic E-state index is 6.14. The molecule has 2 atom stereocenters. The van der Waals surface area contributed by atoms with Crippen LogP contribution in [0.5, 0.6) is 0 Å². The number of guanidine groups is 1. The Morgan fingerprint density at radius 3 is 2.65 bits per heavy atom. The summed E-state index contributed by atoms with van der Waals surface area (Å²) in [6.07, 6.45) is 4.62. The normalized spacial score (nSPS) is 21.5. The minimum Gasteiger partial charge on any atom is -0.373 e. The van der Waals surface area contributed by atoms with E-state index in [-0.39, 0.29) is 10.9 Å². The number of aryl methyl sites for hydroxylation is 1. The molecule has 0 radical (unpaired) electrons. The van der Waals surface area contributed by atoms with Crippen molar-refractivity contribution in [2.24, 2.45) is 10.9 Å². The van der Waals surface area contributed by atoms with Crippen LogP contribution in [0.15, 0.2) is 29.3 Å². The van der Waals surface area contributed by atoms with Gasteiger partial charge in [-0.2, -0.15) is 11.8 Å². The third kappa shape index (κ3) is 6.51. The van der Waals surface area contributed by atoms with Crippen LogP contribution in [0.3, 0.4) is 0 Å². The Hall–Kier alpha value is -1.20. The first-order valence-corrected chi connectivity index (χ1v) is 10.9. The molecule has 4 nitrogen and oxygen atoms in total. The molecule has 26 heavy (non-hydrogen) atoms. The summed E-state index contributed by atoms with van der Waals surface area (Å²) < 4.78 is 6.29. The molecule has 1 heterocycles. The molecular weight excluding hydrogens is 342 g/mol. The summed E-state index contributed by atoms with van der Waals surface area (Å²) in [5, 5.41) is 6.92. The first-order valence-electron chi connectivity index (χ1n) is 9.70. The summed E-state index contributed by atoms with van der Waals surface area (Å²) in [5.74, 6) is 1.37. The Kier molecular flexibility index (Phi) is 8.29. The predicted octanol–water partition coefficient (Wildman–Crippen LogP) is 4.16. The Morgan fingerprint density at radius 1 is 1.27 bits per heavy atom. The highest BCUT2D eigenvalue weighted by Crippen LogP contribution is 2.33. The number of benzene rings is 1. The van der Waals surface area contributed by atoms with E-state index in [1.807, 2.05) is 11.8 Å². The molecule has 1 saturated heterocycles. The molecule has 1 aliphatic heterocycles.